The number of aromatic nitrogens is 4. The number of thiol groups is 1. The first-order valence-corrected chi connectivity index (χ1v) is 3.11. The van der Waals surface area contributed by atoms with Crippen LogP contribution < -0.4 is 0 Å². The van der Waals surface area contributed by atoms with E-state index in [1.807, 2.05) is 0 Å². The van der Waals surface area contributed by atoms with E-state index < -0.39 is 0 Å². The van der Waals surface area contributed by atoms with Crippen molar-refractivity contribution in [3.63, 3.8) is 0 Å². The molecule has 4 nitrogen and oxygen atoms in total. The van der Waals surface area contributed by atoms with Gasteiger partial charge in [-0.1, -0.05) is 12.8 Å². The highest BCUT2D eigenvalue weighted by Crippen LogP contribution is 2.15. The van der Waals surface area contributed by atoms with Crippen molar-refractivity contribution in [2.45, 2.75) is 0 Å². The molecule has 5 heteroatoms. The zero-order valence-electron chi connectivity index (χ0n) is 4.97. The third kappa shape index (κ3) is 0.672. The van der Waals surface area contributed by atoms with E-state index >= 15 is 0 Å². The second-order valence-corrected chi connectivity index (χ2v) is 2.28. The summed E-state index contributed by atoms with van der Waals surface area (Å²) >= 11 is 4.09. The summed E-state index contributed by atoms with van der Waals surface area (Å²) in [4.78, 5) is 3.87. The molecule has 0 aromatic rings. The Kier molecular flexibility index (Phi) is 1.10. The smallest absolute Gasteiger partial charge is 0.130 e. The normalized spacial score (nSPS) is 10.5. The first-order valence-electron chi connectivity index (χ1n) is 2.71. The maximum atomic E-state index is 4.09. The van der Waals surface area contributed by atoms with Gasteiger partial charge in [-0.15, -0.1) is 5.10 Å². The number of hydrogen-bond acceptors (Lipinski definition) is 4. The molecule has 2 rings (SSSR count). The molecule has 2 aliphatic rings. The molecular formula is C5H4N4S. The molecular weight excluding hydrogens is 148 g/mol. The molecule has 0 saturated heterocycles. The van der Waals surface area contributed by atoms with Crippen molar-refractivity contribution in [3.8, 4) is 11.4 Å². The Bertz CT molecular complexity index is 318. The average molecular weight is 152 g/mol. The maximum Gasteiger partial charge on any atom is 0.130 e. The van der Waals surface area contributed by atoms with Crippen LogP contribution in [0.3, 0.4) is 0 Å². The standard InChI is InChI=1S/C5H4N4S/c10-9-3-6-1-4-5(9)2-7-8-4/h1-3,10H. The van der Waals surface area contributed by atoms with Gasteiger partial charge in [-0.05, 0) is 0 Å². The van der Waals surface area contributed by atoms with Crippen molar-refractivity contribution < 1.29 is 0 Å². The van der Waals surface area contributed by atoms with Crippen molar-refractivity contribution >= 4 is 12.8 Å². The highest BCUT2D eigenvalue weighted by molar-refractivity contribution is 7.78. The Morgan fingerprint density at radius 2 is 2.30 bits per heavy atom. The molecule has 0 amide bonds. The van der Waals surface area contributed by atoms with E-state index in [0.29, 0.717) is 0 Å². The lowest BCUT2D eigenvalue weighted by molar-refractivity contribution is 1.07. The van der Waals surface area contributed by atoms with Crippen LogP contribution in [0.4, 0.5) is 0 Å². The van der Waals surface area contributed by atoms with Crippen LogP contribution in [0, 0.1) is 0 Å². The molecule has 0 fully saturated rings. The van der Waals surface area contributed by atoms with Crippen LogP contribution in [0.15, 0.2) is 18.7 Å². The molecule has 10 heavy (non-hydrogen) atoms. The number of nitrogens with zero attached hydrogens (tertiary/aromatic N) is 4. The van der Waals surface area contributed by atoms with E-state index in [9.17, 15) is 0 Å². The fraction of sp³-hybridized carbons (Fsp3) is 0. The molecule has 0 aromatic heterocycles. The van der Waals surface area contributed by atoms with E-state index in [2.05, 4.69) is 28.0 Å². The van der Waals surface area contributed by atoms with Gasteiger partial charge in [0.25, 0.3) is 0 Å². The first-order chi connectivity index (χ1) is 4.88. The van der Waals surface area contributed by atoms with Crippen molar-refractivity contribution in [2.24, 2.45) is 0 Å². The van der Waals surface area contributed by atoms with E-state index in [-0.39, 0.29) is 0 Å². The second kappa shape index (κ2) is 1.95. The minimum atomic E-state index is 0.762. The fourth-order valence-electron chi connectivity index (χ4n) is 0.761. The predicted molar refractivity (Wildman–Crippen MR) is 38.8 cm³/mol. The van der Waals surface area contributed by atoms with Gasteiger partial charge < -0.3 is 0 Å². The lowest BCUT2D eigenvalue weighted by Gasteiger charge is -1.99. The highest BCUT2D eigenvalue weighted by Gasteiger charge is 2.05. The Labute approximate surface area is 62.8 Å². The second-order valence-electron chi connectivity index (χ2n) is 1.85. The number of fused-ring (bicyclic) bond motifs is 1. The Morgan fingerprint density at radius 3 is 3.10 bits per heavy atom. The highest BCUT2D eigenvalue weighted by atomic mass is 32.1. The quantitative estimate of drug-likeness (QED) is 0.558. The first kappa shape index (κ1) is 5.67. The Balaban J connectivity index is 2.80. The van der Waals surface area contributed by atoms with E-state index in [1.165, 1.54) is 0 Å². The lowest BCUT2D eigenvalue weighted by atomic mass is 10.4. The molecule has 50 valence electrons. The van der Waals surface area contributed by atoms with E-state index in [4.69, 9.17) is 0 Å². The van der Waals surface area contributed by atoms with Gasteiger partial charge >= 0.3 is 0 Å². The average Bonchev–Trinajstić information content (AvgIpc) is 2.36. The molecule has 0 spiro atoms. The summed E-state index contributed by atoms with van der Waals surface area (Å²) in [6.07, 6.45) is 4.88. The molecule has 2 heterocycles. The molecule has 0 atom stereocenters. The Morgan fingerprint density at radius 1 is 1.40 bits per heavy atom. The Hall–Kier alpha value is -1.10. The number of hydrogen-bond donors (Lipinski definition) is 1. The third-order valence-corrected chi connectivity index (χ3v) is 1.55. The molecule has 0 radical (unpaired) electrons. The van der Waals surface area contributed by atoms with Gasteiger partial charge in [-0.2, -0.15) is 5.10 Å². The minimum absolute atomic E-state index is 0.762. The van der Waals surface area contributed by atoms with Crippen LogP contribution in [-0.4, -0.2) is 19.2 Å². The number of rotatable bonds is 0. The topological polar surface area (TPSA) is 43.6 Å². The zero-order valence-corrected chi connectivity index (χ0v) is 5.86. The summed E-state index contributed by atoms with van der Waals surface area (Å²) in [7, 11) is 0. The summed E-state index contributed by atoms with van der Waals surface area (Å²) in [6, 6.07) is 0. The molecule has 0 unspecified atom stereocenters. The van der Waals surface area contributed by atoms with Gasteiger partial charge in [-0.3, -0.25) is 3.97 Å². The van der Waals surface area contributed by atoms with Crippen LogP contribution in [-0.2, 0) is 0 Å². The third-order valence-electron chi connectivity index (χ3n) is 1.23. The van der Waals surface area contributed by atoms with Gasteiger partial charge in [-0.25, -0.2) is 4.98 Å². The van der Waals surface area contributed by atoms with Crippen molar-refractivity contribution in [2.75, 3.05) is 0 Å². The van der Waals surface area contributed by atoms with Gasteiger partial charge in [0.05, 0.1) is 12.4 Å². The minimum Gasteiger partial charge on any atom is -0.273 e. The van der Waals surface area contributed by atoms with Crippen LogP contribution in [0.5, 0.6) is 0 Å². The van der Waals surface area contributed by atoms with Crippen LogP contribution in [0.1, 0.15) is 0 Å². The van der Waals surface area contributed by atoms with Crippen molar-refractivity contribution in [1.29, 1.82) is 0 Å². The molecule has 0 saturated carbocycles. The summed E-state index contributed by atoms with van der Waals surface area (Å²) in [5.41, 5.74) is 1.64. The molecule has 2 aliphatic heterocycles. The summed E-state index contributed by atoms with van der Waals surface area (Å²) in [5, 5.41) is 7.50. The monoisotopic (exact) mass is 152 g/mol. The summed E-state index contributed by atoms with van der Waals surface area (Å²) in [6.45, 7) is 0. The van der Waals surface area contributed by atoms with Gasteiger partial charge in [0.1, 0.15) is 17.7 Å². The van der Waals surface area contributed by atoms with E-state index in [0.717, 1.165) is 11.4 Å². The SMILES string of the molecule is Sn1cncc2nncc1-2. The van der Waals surface area contributed by atoms with Gasteiger partial charge in [0.15, 0.2) is 0 Å². The van der Waals surface area contributed by atoms with Gasteiger partial charge in [0, 0.05) is 0 Å². The molecule has 0 aromatic carbocycles. The molecule has 0 bridgehead atoms. The summed E-state index contributed by atoms with van der Waals surface area (Å²) < 4.78 is 1.58. The zero-order chi connectivity index (χ0) is 6.97. The van der Waals surface area contributed by atoms with Crippen LogP contribution in [0.25, 0.3) is 11.4 Å². The lowest BCUT2D eigenvalue weighted by Crippen LogP contribution is -1.90. The molecule has 0 N–H and O–H groups in total. The summed E-state index contributed by atoms with van der Waals surface area (Å²) in [5.74, 6) is 0. The van der Waals surface area contributed by atoms with Gasteiger partial charge in [0.2, 0.25) is 0 Å². The van der Waals surface area contributed by atoms with Crippen LogP contribution in [0.2, 0.25) is 0 Å². The fourth-order valence-corrected chi connectivity index (χ4v) is 0.975. The maximum absolute atomic E-state index is 4.09. The van der Waals surface area contributed by atoms with Crippen LogP contribution >= 0.6 is 12.8 Å². The van der Waals surface area contributed by atoms with Crippen molar-refractivity contribution in [3.05, 3.63) is 18.7 Å². The molecule has 0 aliphatic carbocycles. The largest absolute Gasteiger partial charge is 0.273 e. The van der Waals surface area contributed by atoms with E-state index in [1.54, 1.807) is 22.7 Å². The predicted octanol–water partition coefficient (Wildman–Crippen LogP) is 0.471. The van der Waals surface area contributed by atoms with Crippen molar-refractivity contribution in [1.82, 2.24) is 19.2 Å².